The van der Waals surface area contributed by atoms with Gasteiger partial charge < -0.3 is 5.32 Å². The Hall–Kier alpha value is -0.180. The summed E-state index contributed by atoms with van der Waals surface area (Å²) in [5.41, 5.74) is 0.418. The minimum Gasteiger partial charge on any atom is -0.306 e. The van der Waals surface area contributed by atoms with Gasteiger partial charge in [0.1, 0.15) is 0 Å². The highest BCUT2D eigenvalue weighted by molar-refractivity contribution is 5.09. The zero-order valence-corrected chi connectivity index (χ0v) is 8.73. The minimum atomic E-state index is -2.23. The van der Waals surface area contributed by atoms with Crippen molar-refractivity contribution in [3.8, 4) is 0 Å². The van der Waals surface area contributed by atoms with Crippen molar-refractivity contribution < 1.29 is 8.78 Å². The second-order valence-corrected chi connectivity index (χ2v) is 4.97. The molecular weight excluding hydrogens is 184 g/mol. The topological polar surface area (TPSA) is 12.0 Å². The van der Waals surface area contributed by atoms with Crippen LogP contribution in [0.2, 0.25) is 0 Å². The van der Waals surface area contributed by atoms with Crippen LogP contribution in [-0.4, -0.2) is 18.5 Å². The van der Waals surface area contributed by atoms with Gasteiger partial charge in [0.05, 0.1) is 6.04 Å². The van der Waals surface area contributed by atoms with E-state index in [1.807, 2.05) is 0 Å². The van der Waals surface area contributed by atoms with Gasteiger partial charge in [-0.3, -0.25) is 0 Å². The molecule has 2 saturated carbocycles. The fraction of sp³-hybridized carbons (Fsp3) is 1.00. The summed E-state index contributed by atoms with van der Waals surface area (Å²) in [5.74, 6) is 0. The standard InChI is InChI=1S/C11H19F2N/c1-8(10(12)13)14-9-7-11(9)5-3-2-4-6-11/h8-10,14H,2-7H2,1H3. The molecule has 0 bridgehead atoms. The normalized spacial score (nSPS) is 32.1. The van der Waals surface area contributed by atoms with Gasteiger partial charge in [-0.05, 0) is 31.6 Å². The van der Waals surface area contributed by atoms with Gasteiger partial charge in [-0.25, -0.2) is 8.78 Å². The molecule has 1 nitrogen and oxygen atoms in total. The van der Waals surface area contributed by atoms with Gasteiger partial charge in [-0.15, -0.1) is 0 Å². The molecule has 1 spiro atoms. The maximum absolute atomic E-state index is 12.3. The van der Waals surface area contributed by atoms with Gasteiger partial charge in [0, 0.05) is 6.04 Å². The molecule has 2 atom stereocenters. The molecule has 0 aliphatic heterocycles. The summed E-state index contributed by atoms with van der Waals surface area (Å²) in [6, 6.07) is -0.256. The van der Waals surface area contributed by atoms with Crippen molar-refractivity contribution >= 4 is 0 Å². The van der Waals surface area contributed by atoms with Crippen molar-refractivity contribution in [2.75, 3.05) is 0 Å². The predicted molar refractivity (Wildman–Crippen MR) is 52.5 cm³/mol. The first-order valence-corrected chi connectivity index (χ1v) is 5.68. The molecule has 2 aliphatic rings. The lowest BCUT2D eigenvalue weighted by atomic mass is 9.85. The SMILES string of the molecule is CC(NC1CC12CCCCC2)C(F)F. The van der Waals surface area contributed by atoms with Crippen molar-refractivity contribution in [2.45, 2.75) is 64.0 Å². The smallest absolute Gasteiger partial charge is 0.253 e. The zero-order chi connectivity index (χ0) is 10.2. The number of nitrogens with one attached hydrogen (secondary N) is 1. The molecule has 0 amide bonds. The first-order chi connectivity index (χ1) is 6.64. The molecule has 0 aromatic rings. The Morgan fingerprint density at radius 3 is 2.43 bits per heavy atom. The van der Waals surface area contributed by atoms with E-state index in [1.54, 1.807) is 6.92 Å². The summed E-state index contributed by atoms with van der Waals surface area (Å²) in [6.45, 7) is 1.58. The second-order valence-electron chi connectivity index (χ2n) is 4.97. The van der Waals surface area contributed by atoms with E-state index in [2.05, 4.69) is 5.32 Å². The Labute approximate surface area is 84.3 Å². The van der Waals surface area contributed by atoms with Crippen molar-refractivity contribution in [3.63, 3.8) is 0 Å². The zero-order valence-electron chi connectivity index (χ0n) is 8.73. The number of alkyl halides is 2. The summed E-state index contributed by atoms with van der Waals surface area (Å²) < 4.78 is 24.6. The van der Waals surface area contributed by atoms with E-state index >= 15 is 0 Å². The third-order valence-electron chi connectivity index (χ3n) is 3.88. The molecule has 0 heterocycles. The molecule has 0 radical (unpaired) electrons. The van der Waals surface area contributed by atoms with Crippen LogP contribution in [0, 0.1) is 5.41 Å². The van der Waals surface area contributed by atoms with Gasteiger partial charge in [0.2, 0.25) is 0 Å². The maximum Gasteiger partial charge on any atom is 0.253 e. The number of rotatable bonds is 3. The lowest BCUT2D eigenvalue weighted by Crippen LogP contribution is -2.37. The van der Waals surface area contributed by atoms with Crippen LogP contribution >= 0.6 is 0 Å². The van der Waals surface area contributed by atoms with E-state index < -0.39 is 12.5 Å². The van der Waals surface area contributed by atoms with E-state index in [1.165, 1.54) is 32.1 Å². The molecule has 2 aliphatic carbocycles. The average Bonchev–Trinajstić information content (AvgIpc) is 2.79. The monoisotopic (exact) mass is 203 g/mol. The number of hydrogen-bond donors (Lipinski definition) is 1. The van der Waals surface area contributed by atoms with Gasteiger partial charge in [0.25, 0.3) is 6.43 Å². The van der Waals surface area contributed by atoms with E-state index in [-0.39, 0.29) is 0 Å². The van der Waals surface area contributed by atoms with Crippen LogP contribution in [0.4, 0.5) is 8.78 Å². The first kappa shape index (κ1) is 10.3. The Balaban J connectivity index is 1.80. The van der Waals surface area contributed by atoms with Gasteiger partial charge in [0.15, 0.2) is 0 Å². The van der Waals surface area contributed by atoms with Gasteiger partial charge >= 0.3 is 0 Å². The molecular formula is C11H19F2N. The van der Waals surface area contributed by atoms with Crippen LogP contribution in [-0.2, 0) is 0 Å². The highest BCUT2D eigenvalue weighted by atomic mass is 19.3. The Kier molecular flexibility index (Phi) is 2.78. The molecule has 0 aromatic heterocycles. The molecule has 2 fully saturated rings. The fourth-order valence-corrected chi connectivity index (χ4v) is 2.78. The fourth-order valence-electron chi connectivity index (χ4n) is 2.78. The molecule has 3 heteroatoms. The van der Waals surface area contributed by atoms with E-state index in [0.29, 0.717) is 11.5 Å². The minimum absolute atomic E-state index is 0.381. The second kappa shape index (κ2) is 3.76. The summed E-state index contributed by atoms with van der Waals surface area (Å²) in [7, 11) is 0. The average molecular weight is 203 g/mol. The molecule has 82 valence electrons. The van der Waals surface area contributed by atoms with Crippen molar-refractivity contribution in [2.24, 2.45) is 5.41 Å². The van der Waals surface area contributed by atoms with Crippen LogP contribution in [0.25, 0.3) is 0 Å². The lowest BCUT2D eigenvalue weighted by Gasteiger charge is -2.23. The molecule has 14 heavy (non-hydrogen) atoms. The predicted octanol–water partition coefficient (Wildman–Crippen LogP) is 2.95. The molecule has 1 N–H and O–H groups in total. The number of halogens is 2. The Bertz CT molecular complexity index is 199. The first-order valence-electron chi connectivity index (χ1n) is 5.68. The molecule has 0 aromatic carbocycles. The maximum atomic E-state index is 12.3. The van der Waals surface area contributed by atoms with E-state index in [4.69, 9.17) is 0 Å². The highest BCUT2D eigenvalue weighted by Gasteiger charge is 2.54. The summed E-state index contributed by atoms with van der Waals surface area (Å²) in [6.07, 6.45) is 5.32. The van der Waals surface area contributed by atoms with Crippen molar-refractivity contribution in [1.29, 1.82) is 0 Å². The lowest BCUT2D eigenvalue weighted by molar-refractivity contribution is 0.102. The highest BCUT2D eigenvalue weighted by Crippen LogP contribution is 2.56. The molecule has 2 rings (SSSR count). The van der Waals surface area contributed by atoms with Crippen LogP contribution < -0.4 is 5.32 Å². The van der Waals surface area contributed by atoms with Crippen molar-refractivity contribution in [3.05, 3.63) is 0 Å². The number of hydrogen-bond acceptors (Lipinski definition) is 1. The van der Waals surface area contributed by atoms with E-state index in [0.717, 1.165) is 6.42 Å². The van der Waals surface area contributed by atoms with Crippen LogP contribution in [0.3, 0.4) is 0 Å². The Morgan fingerprint density at radius 1 is 1.21 bits per heavy atom. The van der Waals surface area contributed by atoms with Crippen LogP contribution in [0.15, 0.2) is 0 Å². The summed E-state index contributed by atoms with van der Waals surface area (Å²) in [5, 5.41) is 3.06. The quantitative estimate of drug-likeness (QED) is 0.743. The van der Waals surface area contributed by atoms with Crippen LogP contribution in [0.5, 0.6) is 0 Å². The van der Waals surface area contributed by atoms with E-state index in [9.17, 15) is 8.78 Å². The summed E-state index contributed by atoms with van der Waals surface area (Å²) >= 11 is 0. The van der Waals surface area contributed by atoms with Gasteiger partial charge in [-0.2, -0.15) is 0 Å². The van der Waals surface area contributed by atoms with Crippen molar-refractivity contribution in [1.82, 2.24) is 5.32 Å². The largest absolute Gasteiger partial charge is 0.306 e. The van der Waals surface area contributed by atoms with Crippen LogP contribution in [0.1, 0.15) is 45.4 Å². The Morgan fingerprint density at radius 2 is 1.86 bits per heavy atom. The third-order valence-corrected chi connectivity index (χ3v) is 3.88. The molecule has 0 saturated heterocycles. The third kappa shape index (κ3) is 1.92. The molecule has 2 unspecified atom stereocenters. The summed E-state index contributed by atoms with van der Waals surface area (Å²) in [4.78, 5) is 0. The van der Waals surface area contributed by atoms with Gasteiger partial charge in [-0.1, -0.05) is 19.3 Å².